The molecule has 0 radical (unpaired) electrons. The summed E-state index contributed by atoms with van der Waals surface area (Å²) in [7, 11) is -8.68. The van der Waals surface area contributed by atoms with Gasteiger partial charge in [-0.3, -0.25) is 14.2 Å². The summed E-state index contributed by atoms with van der Waals surface area (Å²) in [6, 6.07) is 13.0. The van der Waals surface area contributed by atoms with Gasteiger partial charge in [0.05, 0.1) is 22.0 Å². The second-order valence-electron chi connectivity index (χ2n) is 10.3. The number of anilines is 2. The van der Waals surface area contributed by atoms with Crippen molar-refractivity contribution >= 4 is 37.6 Å². The normalized spacial score (nSPS) is 15.7. The minimum Gasteiger partial charge on any atom is -0.486 e. The first-order valence-corrected chi connectivity index (χ1v) is 15.1. The van der Waals surface area contributed by atoms with Crippen LogP contribution in [0.4, 0.5) is 20.6 Å². The lowest BCUT2D eigenvalue weighted by Crippen LogP contribution is -2.44. The first kappa shape index (κ1) is 29.3. The average molecular weight is 593 g/mol. The summed E-state index contributed by atoms with van der Waals surface area (Å²) < 4.78 is 86.4. The number of aryl methyl sites for hydroxylation is 1. The van der Waals surface area contributed by atoms with Gasteiger partial charge in [0.2, 0.25) is 0 Å². The van der Waals surface area contributed by atoms with Crippen molar-refractivity contribution in [3.8, 4) is 5.75 Å². The fourth-order valence-electron chi connectivity index (χ4n) is 4.15. The Bertz CT molecular complexity index is 1650. The molecule has 214 valence electrons. The van der Waals surface area contributed by atoms with E-state index in [-0.39, 0.29) is 39.9 Å². The van der Waals surface area contributed by atoms with Crippen molar-refractivity contribution in [2.75, 3.05) is 16.2 Å². The van der Waals surface area contributed by atoms with E-state index in [0.717, 1.165) is 28.6 Å². The second kappa shape index (κ2) is 10.7. The van der Waals surface area contributed by atoms with Crippen molar-refractivity contribution in [1.29, 1.82) is 0 Å². The van der Waals surface area contributed by atoms with Gasteiger partial charge in [-0.2, -0.15) is 8.42 Å². The van der Waals surface area contributed by atoms with Gasteiger partial charge in [0.1, 0.15) is 23.3 Å². The van der Waals surface area contributed by atoms with E-state index in [0.29, 0.717) is 11.1 Å². The summed E-state index contributed by atoms with van der Waals surface area (Å²) >= 11 is 0. The number of hydrogen-bond donors (Lipinski definition) is 2. The molecule has 0 aromatic heterocycles. The SMILES string of the molecule is Cc1ccc(S(=O)(=O)O)cc1CC1CN(S(=O)(=O)c2ccc(F)cc2)c2cc(NC(=O)OC(C)(C)C)ccc2O1. The van der Waals surface area contributed by atoms with Crippen LogP contribution in [0, 0.1) is 12.7 Å². The number of fused-ring (bicyclic) bond motifs is 1. The number of hydrogen-bond acceptors (Lipinski definition) is 7. The lowest BCUT2D eigenvalue weighted by atomic mass is 10.0. The lowest BCUT2D eigenvalue weighted by Gasteiger charge is -2.36. The number of carbonyl (C=O) groups excluding carboxylic acids is 1. The van der Waals surface area contributed by atoms with Gasteiger partial charge in [-0.1, -0.05) is 6.07 Å². The van der Waals surface area contributed by atoms with Crippen molar-refractivity contribution in [3.05, 3.63) is 77.6 Å². The molecule has 0 saturated carbocycles. The van der Waals surface area contributed by atoms with E-state index in [1.807, 2.05) is 0 Å². The number of amides is 1. The molecule has 10 nitrogen and oxygen atoms in total. The Morgan fingerprint density at radius 3 is 2.33 bits per heavy atom. The Labute approximate surface area is 232 Å². The van der Waals surface area contributed by atoms with E-state index in [4.69, 9.17) is 9.47 Å². The van der Waals surface area contributed by atoms with E-state index in [2.05, 4.69) is 5.32 Å². The van der Waals surface area contributed by atoms with Crippen LogP contribution in [0.2, 0.25) is 0 Å². The number of sulfonamides is 1. The lowest BCUT2D eigenvalue weighted by molar-refractivity contribution is 0.0636. The van der Waals surface area contributed by atoms with Crippen LogP contribution in [0.25, 0.3) is 0 Å². The molecule has 0 spiro atoms. The molecule has 2 N–H and O–H groups in total. The van der Waals surface area contributed by atoms with Crippen molar-refractivity contribution in [2.45, 2.75) is 55.6 Å². The van der Waals surface area contributed by atoms with Crippen LogP contribution in [-0.4, -0.2) is 45.7 Å². The van der Waals surface area contributed by atoms with E-state index in [1.54, 1.807) is 27.7 Å². The minimum absolute atomic E-state index is 0.113. The van der Waals surface area contributed by atoms with Gasteiger partial charge in [0.25, 0.3) is 20.1 Å². The number of rotatable bonds is 6. The summed E-state index contributed by atoms with van der Waals surface area (Å²) in [6.45, 7) is 6.69. The molecule has 1 aliphatic rings. The zero-order valence-electron chi connectivity index (χ0n) is 22.2. The zero-order chi connectivity index (χ0) is 29.5. The quantitative estimate of drug-likeness (QED) is 0.384. The third-order valence-electron chi connectivity index (χ3n) is 6.00. The first-order valence-electron chi connectivity index (χ1n) is 12.2. The molecule has 1 heterocycles. The fourth-order valence-corrected chi connectivity index (χ4v) is 6.18. The van der Waals surface area contributed by atoms with Gasteiger partial charge in [0, 0.05) is 12.1 Å². The highest BCUT2D eigenvalue weighted by atomic mass is 32.2. The summed E-state index contributed by atoms with van der Waals surface area (Å²) in [6.07, 6.45) is -1.38. The molecule has 1 aliphatic heterocycles. The fraction of sp³-hybridized carbons (Fsp3) is 0.296. The Hall–Kier alpha value is -3.68. The van der Waals surface area contributed by atoms with Crippen molar-refractivity contribution in [1.82, 2.24) is 0 Å². The molecule has 0 bridgehead atoms. The molecule has 4 rings (SSSR count). The van der Waals surface area contributed by atoms with E-state index >= 15 is 0 Å². The minimum atomic E-state index is -4.45. The highest BCUT2D eigenvalue weighted by molar-refractivity contribution is 7.92. The summed E-state index contributed by atoms with van der Waals surface area (Å²) in [5, 5.41) is 2.58. The maximum absolute atomic E-state index is 13.8. The van der Waals surface area contributed by atoms with Gasteiger partial charge >= 0.3 is 6.09 Å². The van der Waals surface area contributed by atoms with Crippen LogP contribution in [-0.2, 0) is 31.3 Å². The number of halogens is 1. The second-order valence-corrected chi connectivity index (χ2v) is 13.6. The summed E-state index contributed by atoms with van der Waals surface area (Å²) in [5.41, 5.74) is 0.887. The van der Waals surface area contributed by atoms with E-state index < -0.39 is 43.8 Å². The predicted octanol–water partition coefficient (Wildman–Crippen LogP) is 4.93. The average Bonchev–Trinajstić information content (AvgIpc) is 2.83. The highest BCUT2D eigenvalue weighted by Gasteiger charge is 2.35. The molecule has 0 saturated heterocycles. The van der Waals surface area contributed by atoms with Gasteiger partial charge < -0.3 is 9.47 Å². The van der Waals surface area contributed by atoms with E-state index in [9.17, 15) is 30.6 Å². The molecule has 1 unspecified atom stereocenters. The number of benzene rings is 3. The van der Waals surface area contributed by atoms with Crippen LogP contribution < -0.4 is 14.4 Å². The third kappa shape index (κ3) is 6.72. The maximum Gasteiger partial charge on any atom is 0.412 e. The summed E-state index contributed by atoms with van der Waals surface area (Å²) in [4.78, 5) is 11.9. The van der Waals surface area contributed by atoms with Gasteiger partial charge in [-0.15, -0.1) is 0 Å². The molecule has 1 atom stereocenters. The number of nitrogens with zero attached hydrogens (tertiary/aromatic N) is 1. The largest absolute Gasteiger partial charge is 0.486 e. The topological polar surface area (TPSA) is 139 Å². The molecule has 13 heteroatoms. The van der Waals surface area contributed by atoms with Crippen LogP contribution in [0.1, 0.15) is 31.9 Å². The molecule has 0 fully saturated rings. The number of nitrogens with one attached hydrogen (secondary N) is 1. The smallest absolute Gasteiger partial charge is 0.412 e. The van der Waals surface area contributed by atoms with Crippen LogP contribution in [0.15, 0.2) is 70.5 Å². The van der Waals surface area contributed by atoms with Crippen LogP contribution >= 0.6 is 0 Å². The predicted molar refractivity (Wildman–Crippen MR) is 146 cm³/mol. The molecular formula is C27H29FN2O8S2. The van der Waals surface area contributed by atoms with Crippen molar-refractivity contribution < 1.29 is 40.0 Å². The molecule has 3 aromatic carbocycles. The Morgan fingerprint density at radius 2 is 1.70 bits per heavy atom. The Balaban J connectivity index is 1.73. The van der Waals surface area contributed by atoms with Gasteiger partial charge in [-0.05, 0) is 93.4 Å². The van der Waals surface area contributed by atoms with Crippen LogP contribution in [0.3, 0.4) is 0 Å². The Morgan fingerprint density at radius 1 is 1.05 bits per heavy atom. The number of carbonyl (C=O) groups is 1. The molecule has 40 heavy (non-hydrogen) atoms. The van der Waals surface area contributed by atoms with Crippen molar-refractivity contribution in [3.63, 3.8) is 0 Å². The third-order valence-corrected chi connectivity index (χ3v) is 8.65. The molecule has 3 aromatic rings. The standard InChI is InChI=1S/C27H29FN2O8S2/c1-17-5-9-23(40(34,35)36)14-18(17)13-21-16-30(39(32,33)22-10-6-19(28)7-11-22)24-15-20(8-12-25(24)37-21)29-26(31)38-27(2,3)4/h5-12,14-15,21H,13,16H2,1-4H3,(H,29,31)(H,34,35,36). The van der Waals surface area contributed by atoms with Crippen molar-refractivity contribution in [2.24, 2.45) is 0 Å². The first-order chi connectivity index (χ1) is 18.5. The summed E-state index contributed by atoms with van der Waals surface area (Å²) in [5.74, 6) is -0.405. The highest BCUT2D eigenvalue weighted by Crippen LogP contribution is 2.40. The Kier molecular flexibility index (Phi) is 7.85. The maximum atomic E-state index is 13.8. The van der Waals surface area contributed by atoms with E-state index in [1.165, 1.54) is 36.4 Å². The van der Waals surface area contributed by atoms with Crippen LogP contribution in [0.5, 0.6) is 5.75 Å². The molecular weight excluding hydrogens is 563 g/mol. The van der Waals surface area contributed by atoms with Gasteiger partial charge in [-0.25, -0.2) is 17.6 Å². The molecule has 0 aliphatic carbocycles. The van der Waals surface area contributed by atoms with Gasteiger partial charge in [0.15, 0.2) is 0 Å². The monoisotopic (exact) mass is 592 g/mol. The number of ether oxygens (including phenoxy) is 2. The molecule has 1 amide bonds. The zero-order valence-corrected chi connectivity index (χ0v) is 23.8.